The van der Waals surface area contributed by atoms with Crippen LogP contribution >= 0.6 is 11.8 Å². The van der Waals surface area contributed by atoms with Gasteiger partial charge in [-0.2, -0.15) is 0 Å². The molecule has 1 atom stereocenters. The first kappa shape index (κ1) is 21.7. The molecule has 0 bridgehead atoms. The lowest BCUT2D eigenvalue weighted by molar-refractivity contribution is -0.120. The van der Waals surface area contributed by atoms with Gasteiger partial charge in [-0.25, -0.2) is 0 Å². The van der Waals surface area contributed by atoms with Crippen LogP contribution in [0.15, 0.2) is 28.0 Å². The van der Waals surface area contributed by atoms with Crippen molar-refractivity contribution in [1.82, 2.24) is 20.1 Å². The highest BCUT2D eigenvalue weighted by molar-refractivity contribution is 8.00. The smallest absolute Gasteiger partial charge is 0.233 e. The van der Waals surface area contributed by atoms with E-state index in [9.17, 15) is 4.79 Å². The Morgan fingerprint density at radius 3 is 2.90 bits per heavy atom. The van der Waals surface area contributed by atoms with Crippen molar-refractivity contribution < 1.29 is 13.9 Å². The molecule has 8 nitrogen and oxygen atoms in total. The predicted molar refractivity (Wildman–Crippen MR) is 113 cm³/mol. The molecule has 2 aromatic rings. The molecular formula is C20H31N5O3S. The van der Waals surface area contributed by atoms with Gasteiger partial charge in [0, 0.05) is 33.4 Å². The number of carbonyl (C=O) groups excluding carboxylic acids is 1. The second kappa shape index (κ2) is 10.7. The Bertz CT molecular complexity index is 756. The summed E-state index contributed by atoms with van der Waals surface area (Å²) in [4.78, 5) is 14.7. The van der Waals surface area contributed by atoms with E-state index in [1.807, 2.05) is 19.1 Å². The SMILES string of the molecule is COCCCNC(=O)C(C)Sc1nnc(N2CCC(C)CC2)n1Cc1ccco1. The average Bonchev–Trinajstić information content (AvgIpc) is 3.37. The van der Waals surface area contributed by atoms with Gasteiger partial charge in [0.05, 0.1) is 18.1 Å². The molecule has 1 unspecified atom stereocenters. The van der Waals surface area contributed by atoms with E-state index in [0.717, 1.165) is 55.1 Å². The van der Waals surface area contributed by atoms with Crippen molar-refractivity contribution in [2.45, 2.75) is 50.1 Å². The van der Waals surface area contributed by atoms with Crippen molar-refractivity contribution in [1.29, 1.82) is 0 Å². The fraction of sp³-hybridized carbons (Fsp3) is 0.650. The van der Waals surface area contributed by atoms with Gasteiger partial charge in [-0.15, -0.1) is 10.2 Å². The highest BCUT2D eigenvalue weighted by Gasteiger charge is 2.25. The first-order valence-electron chi connectivity index (χ1n) is 10.2. The van der Waals surface area contributed by atoms with Crippen LogP contribution in [-0.4, -0.2) is 59.3 Å². The average molecular weight is 422 g/mol. The number of hydrogen-bond donors (Lipinski definition) is 1. The van der Waals surface area contributed by atoms with E-state index in [4.69, 9.17) is 9.15 Å². The van der Waals surface area contributed by atoms with Crippen LogP contribution in [0.1, 0.15) is 38.9 Å². The van der Waals surface area contributed by atoms with Crippen LogP contribution in [0.2, 0.25) is 0 Å². The summed E-state index contributed by atoms with van der Waals surface area (Å²) in [6, 6.07) is 3.83. The lowest BCUT2D eigenvalue weighted by Gasteiger charge is -2.31. The van der Waals surface area contributed by atoms with Crippen LogP contribution in [0.4, 0.5) is 5.95 Å². The maximum atomic E-state index is 12.4. The fourth-order valence-electron chi connectivity index (χ4n) is 3.29. The van der Waals surface area contributed by atoms with Crippen LogP contribution in [0.5, 0.6) is 0 Å². The molecule has 1 amide bonds. The Kier molecular flexibility index (Phi) is 8.00. The molecule has 3 rings (SSSR count). The van der Waals surface area contributed by atoms with Gasteiger partial charge in [0.15, 0.2) is 5.16 Å². The Balaban J connectivity index is 1.71. The summed E-state index contributed by atoms with van der Waals surface area (Å²) in [7, 11) is 1.66. The van der Waals surface area contributed by atoms with Crippen LogP contribution in [0.3, 0.4) is 0 Å². The second-order valence-electron chi connectivity index (χ2n) is 7.52. The molecular weight excluding hydrogens is 390 g/mol. The molecule has 9 heteroatoms. The van der Waals surface area contributed by atoms with Gasteiger partial charge >= 0.3 is 0 Å². The zero-order chi connectivity index (χ0) is 20.6. The molecule has 1 aliphatic heterocycles. The number of rotatable bonds is 10. The zero-order valence-corrected chi connectivity index (χ0v) is 18.3. The van der Waals surface area contributed by atoms with Crippen LogP contribution < -0.4 is 10.2 Å². The lowest BCUT2D eigenvalue weighted by Crippen LogP contribution is -2.35. The number of furan rings is 1. The maximum absolute atomic E-state index is 12.4. The number of nitrogens with zero attached hydrogens (tertiary/aromatic N) is 4. The van der Waals surface area contributed by atoms with Gasteiger partial charge in [0.25, 0.3) is 0 Å². The van der Waals surface area contributed by atoms with Crippen LogP contribution in [0.25, 0.3) is 0 Å². The molecule has 1 N–H and O–H groups in total. The highest BCUT2D eigenvalue weighted by Crippen LogP contribution is 2.29. The van der Waals surface area contributed by atoms with Gasteiger partial charge < -0.3 is 19.4 Å². The first-order chi connectivity index (χ1) is 14.1. The largest absolute Gasteiger partial charge is 0.467 e. The third-order valence-electron chi connectivity index (χ3n) is 5.13. The number of thioether (sulfide) groups is 1. The minimum atomic E-state index is -0.272. The molecule has 1 saturated heterocycles. The number of methoxy groups -OCH3 is 1. The number of nitrogens with one attached hydrogen (secondary N) is 1. The molecule has 1 fully saturated rings. The van der Waals surface area contributed by atoms with E-state index in [0.29, 0.717) is 19.7 Å². The first-order valence-corrected chi connectivity index (χ1v) is 11.1. The highest BCUT2D eigenvalue weighted by atomic mass is 32.2. The third-order valence-corrected chi connectivity index (χ3v) is 6.21. The Morgan fingerprint density at radius 1 is 1.41 bits per heavy atom. The lowest BCUT2D eigenvalue weighted by atomic mass is 10.00. The molecule has 160 valence electrons. The molecule has 0 radical (unpaired) electrons. The maximum Gasteiger partial charge on any atom is 0.233 e. The number of ether oxygens (including phenoxy) is 1. The molecule has 0 spiro atoms. The van der Waals surface area contributed by atoms with Crippen molar-refractivity contribution in [3.8, 4) is 0 Å². The van der Waals surface area contributed by atoms with E-state index in [1.54, 1.807) is 13.4 Å². The summed E-state index contributed by atoms with van der Waals surface area (Å²) in [5.41, 5.74) is 0. The number of anilines is 1. The number of carbonyl (C=O) groups is 1. The number of amides is 1. The monoisotopic (exact) mass is 421 g/mol. The molecule has 3 heterocycles. The fourth-order valence-corrected chi connectivity index (χ4v) is 4.16. The Labute approximate surface area is 176 Å². The molecule has 0 aliphatic carbocycles. The van der Waals surface area contributed by atoms with E-state index in [1.165, 1.54) is 11.8 Å². The normalized spacial score (nSPS) is 16.2. The summed E-state index contributed by atoms with van der Waals surface area (Å²) >= 11 is 1.43. The summed E-state index contributed by atoms with van der Waals surface area (Å²) in [5.74, 6) is 2.42. The molecule has 29 heavy (non-hydrogen) atoms. The summed E-state index contributed by atoms with van der Waals surface area (Å²) in [6.45, 7) is 7.91. The van der Waals surface area contributed by atoms with Crippen LogP contribution in [-0.2, 0) is 16.1 Å². The van der Waals surface area contributed by atoms with E-state index >= 15 is 0 Å². The van der Waals surface area contributed by atoms with Gasteiger partial charge in [-0.05, 0) is 44.2 Å². The number of hydrogen-bond acceptors (Lipinski definition) is 7. The van der Waals surface area contributed by atoms with E-state index < -0.39 is 0 Å². The van der Waals surface area contributed by atoms with Gasteiger partial charge in [-0.3, -0.25) is 9.36 Å². The summed E-state index contributed by atoms with van der Waals surface area (Å²) in [6.07, 6.45) is 4.77. The van der Waals surface area contributed by atoms with Crippen molar-refractivity contribution in [3.05, 3.63) is 24.2 Å². The van der Waals surface area contributed by atoms with E-state index in [2.05, 4.69) is 31.9 Å². The van der Waals surface area contributed by atoms with Crippen molar-refractivity contribution in [3.63, 3.8) is 0 Å². The standard InChI is InChI=1S/C20H31N5O3S/c1-15-7-10-24(11-8-15)19-22-23-20(25(19)14-17-6-4-13-28-17)29-16(2)18(26)21-9-5-12-27-3/h4,6,13,15-16H,5,7-12,14H2,1-3H3,(H,21,26). The molecule has 1 aliphatic rings. The summed E-state index contributed by atoms with van der Waals surface area (Å²) < 4.78 is 12.6. The molecule has 2 aromatic heterocycles. The predicted octanol–water partition coefficient (Wildman–Crippen LogP) is 2.79. The van der Waals surface area contributed by atoms with Crippen molar-refractivity contribution in [2.75, 3.05) is 38.3 Å². The number of piperidine rings is 1. The van der Waals surface area contributed by atoms with E-state index in [-0.39, 0.29) is 11.2 Å². The number of aromatic nitrogens is 3. The quantitative estimate of drug-likeness (QED) is 0.466. The third kappa shape index (κ3) is 5.99. The molecule has 0 saturated carbocycles. The van der Waals surface area contributed by atoms with Gasteiger partial charge in [0.1, 0.15) is 5.76 Å². The van der Waals surface area contributed by atoms with Crippen molar-refractivity contribution >= 4 is 23.6 Å². The second-order valence-corrected chi connectivity index (χ2v) is 8.82. The topological polar surface area (TPSA) is 85.4 Å². The summed E-state index contributed by atoms with van der Waals surface area (Å²) in [5, 5.41) is 12.3. The Hall–Kier alpha value is -2.00. The van der Waals surface area contributed by atoms with Gasteiger partial charge in [-0.1, -0.05) is 18.7 Å². The molecule has 0 aromatic carbocycles. The van der Waals surface area contributed by atoms with Crippen molar-refractivity contribution in [2.24, 2.45) is 5.92 Å². The minimum absolute atomic E-state index is 0.00741. The zero-order valence-electron chi connectivity index (χ0n) is 17.5. The van der Waals surface area contributed by atoms with Crippen LogP contribution in [0, 0.1) is 5.92 Å². The Morgan fingerprint density at radius 2 is 2.21 bits per heavy atom. The van der Waals surface area contributed by atoms with Gasteiger partial charge in [0.2, 0.25) is 11.9 Å². The minimum Gasteiger partial charge on any atom is -0.467 e.